The van der Waals surface area contributed by atoms with Crippen LogP contribution in [0, 0.1) is 13.8 Å². The van der Waals surface area contributed by atoms with E-state index in [1.54, 1.807) is 6.07 Å². The second kappa shape index (κ2) is 5.85. The van der Waals surface area contributed by atoms with Gasteiger partial charge in [-0.15, -0.1) is 0 Å². The fraction of sp³-hybridized carbons (Fsp3) is 0.312. The zero-order chi connectivity index (χ0) is 13.8. The number of para-hydroxylation sites is 1. The van der Waals surface area contributed by atoms with Crippen LogP contribution in [0.25, 0.3) is 5.69 Å². The third-order valence-electron chi connectivity index (χ3n) is 3.26. The van der Waals surface area contributed by atoms with Crippen LogP contribution in [0.4, 0.5) is 0 Å². The van der Waals surface area contributed by atoms with Crippen LogP contribution in [0.1, 0.15) is 23.7 Å². The largest absolute Gasteiger partial charge is 0.320 e. The molecule has 0 aliphatic rings. The number of aryl methyl sites for hydroxylation is 2. The summed E-state index contributed by atoms with van der Waals surface area (Å²) in [6, 6.07) is 9.90. The van der Waals surface area contributed by atoms with Crippen LogP contribution in [0.15, 0.2) is 41.3 Å². The van der Waals surface area contributed by atoms with Crippen LogP contribution in [-0.4, -0.2) is 11.1 Å². The average Bonchev–Trinajstić information content (AvgIpc) is 2.39. The summed E-state index contributed by atoms with van der Waals surface area (Å²) in [6.45, 7) is 7.55. The van der Waals surface area contributed by atoms with Crippen molar-refractivity contribution < 1.29 is 0 Å². The molecule has 1 heterocycles. The van der Waals surface area contributed by atoms with Gasteiger partial charge in [0, 0.05) is 35.8 Å². The molecule has 1 aromatic heterocycles. The number of nitrogens with zero attached hydrogens (tertiary/aromatic N) is 1. The van der Waals surface area contributed by atoms with Crippen molar-refractivity contribution in [2.45, 2.75) is 27.3 Å². The van der Waals surface area contributed by atoms with E-state index < -0.39 is 0 Å². The molecule has 1 aromatic carbocycles. The molecule has 2 aromatic rings. The van der Waals surface area contributed by atoms with E-state index in [1.807, 2.05) is 32.2 Å². The second-order valence-electron chi connectivity index (χ2n) is 4.74. The number of pyridine rings is 1. The number of rotatable bonds is 4. The maximum Gasteiger partial charge on any atom is 0.186 e. The minimum atomic E-state index is 0.100. The summed E-state index contributed by atoms with van der Waals surface area (Å²) >= 11 is 0. The van der Waals surface area contributed by atoms with E-state index in [0.717, 1.165) is 23.5 Å². The minimum absolute atomic E-state index is 0.100. The monoisotopic (exact) mass is 256 g/mol. The number of nitrogens with one attached hydrogen (secondary N) is 1. The van der Waals surface area contributed by atoms with Crippen molar-refractivity contribution in [1.29, 1.82) is 0 Å². The van der Waals surface area contributed by atoms with Crippen molar-refractivity contribution in [2.75, 3.05) is 6.54 Å². The SMILES string of the molecule is CCNCc1cn(-c2ccccc2C)c(C)cc1=O. The van der Waals surface area contributed by atoms with Gasteiger partial charge in [0.2, 0.25) is 0 Å². The van der Waals surface area contributed by atoms with Gasteiger partial charge in [-0.05, 0) is 32.0 Å². The summed E-state index contributed by atoms with van der Waals surface area (Å²) in [7, 11) is 0. The lowest BCUT2D eigenvalue weighted by Crippen LogP contribution is -2.21. The van der Waals surface area contributed by atoms with Crippen LogP contribution < -0.4 is 10.7 Å². The predicted octanol–water partition coefficient (Wildman–Crippen LogP) is 2.56. The molecule has 2 rings (SSSR count). The van der Waals surface area contributed by atoms with Crippen LogP contribution in [0.5, 0.6) is 0 Å². The molecule has 0 spiro atoms. The standard InChI is InChI=1S/C16H20N2O/c1-4-17-10-14-11-18(13(3)9-16(14)19)15-8-6-5-7-12(15)2/h5-9,11,17H,4,10H2,1-3H3. The Morgan fingerprint density at radius 3 is 2.63 bits per heavy atom. The van der Waals surface area contributed by atoms with Gasteiger partial charge in [-0.3, -0.25) is 4.79 Å². The third-order valence-corrected chi connectivity index (χ3v) is 3.26. The van der Waals surface area contributed by atoms with Crippen molar-refractivity contribution in [1.82, 2.24) is 9.88 Å². The van der Waals surface area contributed by atoms with Crippen molar-refractivity contribution in [3.05, 3.63) is 63.6 Å². The van der Waals surface area contributed by atoms with E-state index >= 15 is 0 Å². The Hall–Kier alpha value is -1.87. The maximum atomic E-state index is 12.0. The molecule has 0 unspecified atom stereocenters. The summed E-state index contributed by atoms with van der Waals surface area (Å²) in [6.07, 6.45) is 1.95. The number of benzene rings is 1. The molecule has 1 N–H and O–H groups in total. The van der Waals surface area contributed by atoms with E-state index in [2.05, 4.69) is 28.9 Å². The van der Waals surface area contributed by atoms with Gasteiger partial charge in [0.15, 0.2) is 5.43 Å². The Morgan fingerprint density at radius 2 is 1.95 bits per heavy atom. The summed E-state index contributed by atoms with van der Waals surface area (Å²) < 4.78 is 2.09. The summed E-state index contributed by atoms with van der Waals surface area (Å²) in [5.41, 5.74) is 4.18. The van der Waals surface area contributed by atoms with E-state index in [4.69, 9.17) is 0 Å². The van der Waals surface area contributed by atoms with Crippen LogP contribution >= 0.6 is 0 Å². The lowest BCUT2D eigenvalue weighted by atomic mass is 10.1. The third kappa shape index (κ3) is 2.93. The maximum absolute atomic E-state index is 12.0. The van der Waals surface area contributed by atoms with Crippen molar-refractivity contribution >= 4 is 0 Å². The highest BCUT2D eigenvalue weighted by atomic mass is 16.1. The smallest absolute Gasteiger partial charge is 0.186 e. The van der Waals surface area contributed by atoms with Gasteiger partial charge >= 0.3 is 0 Å². The molecule has 0 aliphatic heterocycles. The highest BCUT2D eigenvalue weighted by Gasteiger charge is 2.06. The van der Waals surface area contributed by atoms with Gasteiger partial charge in [-0.2, -0.15) is 0 Å². The van der Waals surface area contributed by atoms with E-state index in [-0.39, 0.29) is 5.43 Å². The molecule has 3 heteroatoms. The van der Waals surface area contributed by atoms with Crippen molar-refractivity contribution in [3.63, 3.8) is 0 Å². The van der Waals surface area contributed by atoms with Gasteiger partial charge in [0.05, 0.1) is 0 Å². The molecular weight excluding hydrogens is 236 g/mol. The highest BCUT2D eigenvalue weighted by Crippen LogP contribution is 2.15. The first kappa shape index (κ1) is 13.6. The van der Waals surface area contributed by atoms with E-state index in [1.165, 1.54) is 5.56 Å². The first-order chi connectivity index (χ1) is 9.13. The quantitative estimate of drug-likeness (QED) is 0.912. The fourth-order valence-electron chi connectivity index (χ4n) is 2.16. The zero-order valence-corrected chi connectivity index (χ0v) is 11.7. The molecule has 0 saturated heterocycles. The van der Waals surface area contributed by atoms with Gasteiger partial charge < -0.3 is 9.88 Å². The topological polar surface area (TPSA) is 34.0 Å². The van der Waals surface area contributed by atoms with Crippen LogP contribution in [-0.2, 0) is 6.54 Å². The Balaban J connectivity index is 2.52. The normalized spacial score (nSPS) is 10.7. The summed E-state index contributed by atoms with van der Waals surface area (Å²) in [5, 5.41) is 3.20. The molecule has 0 amide bonds. The first-order valence-electron chi connectivity index (χ1n) is 6.62. The number of hydrogen-bond donors (Lipinski definition) is 1. The predicted molar refractivity (Wildman–Crippen MR) is 78.9 cm³/mol. The lowest BCUT2D eigenvalue weighted by molar-refractivity contribution is 0.715. The Morgan fingerprint density at radius 1 is 1.21 bits per heavy atom. The molecule has 3 nitrogen and oxygen atoms in total. The molecular formula is C16H20N2O. The Kier molecular flexibility index (Phi) is 4.17. The molecule has 0 atom stereocenters. The molecule has 100 valence electrons. The molecule has 0 aliphatic carbocycles. The highest BCUT2D eigenvalue weighted by molar-refractivity contribution is 5.42. The Labute approximate surface area is 113 Å². The van der Waals surface area contributed by atoms with E-state index in [9.17, 15) is 4.79 Å². The summed E-state index contributed by atoms with van der Waals surface area (Å²) in [4.78, 5) is 12.0. The molecule has 19 heavy (non-hydrogen) atoms. The van der Waals surface area contributed by atoms with Gasteiger partial charge in [0.1, 0.15) is 0 Å². The fourth-order valence-corrected chi connectivity index (χ4v) is 2.16. The summed E-state index contributed by atoms with van der Waals surface area (Å²) in [5.74, 6) is 0. The van der Waals surface area contributed by atoms with E-state index in [0.29, 0.717) is 6.54 Å². The number of hydrogen-bond acceptors (Lipinski definition) is 2. The average molecular weight is 256 g/mol. The van der Waals surface area contributed by atoms with Gasteiger partial charge in [0.25, 0.3) is 0 Å². The van der Waals surface area contributed by atoms with Gasteiger partial charge in [-0.1, -0.05) is 25.1 Å². The van der Waals surface area contributed by atoms with Gasteiger partial charge in [-0.25, -0.2) is 0 Å². The zero-order valence-electron chi connectivity index (χ0n) is 11.7. The van der Waals surface area contributed by atoms with Crippen LogP contribution in [0.3, 0.4) is 0 Å². The van der Waals surface area contributed by atoms with Crippen LogP contribution in [0.2, 0.25) is 0 Å². The lowest BCUT2D eigenvalue weighted by Gasteiger charge is -2.15. The molecule has 0 bridgehead atoms. The molecule has 0 saturated carbocycles. The first-order valence-corrected chi connectivity index (χ1v) is 6.62. The van der Waals surface area contributed by atoms with Crippen molar-refractivity contribution in [3.8, 4) is 5.69 Å². The second-order valence-corrected chi connectivity index (χ2v) is 4.74. The number of aromatic nitrogens is 1. The Bertz CT molecular complexity index is 629. The molecule has 0 fully saturated rings. The molecule has 0 radical (unpaired) electrons. The minimum Gasteiger partial charge on any atom is -0.320 e. The van der Waals surface area contributed by atoms with Crippen molar-refractivity contribution in [2.24, 2.45) is 0 Å².